The molecule has 8 heteroatoms. The summed E-state index contributed by atoms with van der Waals surface area (Å²) in [5, 5.41) is 7.28. The Morgan fingerprint density at radius 3 is 2.90 bits per heavy atom. The van der Waals surface area contributed by atoms with E-state index in [0.717, 1.165) is 7.11 Å². The van der Waals surface area contributed by atoms with Crippen LogP contribution in [0.2, 0.25) is 0 Å². The molecule has 1 aromatic heterocycles. The van der Waals surface area contributed by atoms with Crippen molar-refractivity contribution in [2.24, 2.45) is 0 Å². The lowest BCUT2D eigenvalue weighted by molar-refractivity contribution is -0.139. The zero-order valence-corrected chi connectivity index (χ0v) is 12.5. The standard InChI is InChI=1S/C13H16N2O5S/c1-10(13(17)20-2)21(18,19)15-12-9-11(6-7-14-12)5-3-4-8-16/h6-7,9-10,16H,4,8H2,1-2H3,(H,14,15). The molecule has 0 amide bonds. The van der Waals surface area contributed by atoms with Crippen LogP contribution in [0.1, 0.15) is 18.9 Å². The molecule has 1 unspecified atom stereocenters. The van der Waals surface area contributed by atoms with Gasteiger partial charge in [0.15, 0.2) is 5.25 Å². The minimum Gasteiger partial charge on any atom is -0.468 e. The SMILES string of the molecule is COC(=O)C(C)S(=O)(=O)Nc1cc(C#CCCO)ccn1. The average Bonchev–Trinajstić information content (AvgIpc) is 2.46. The second kappa shape index (κ2) is 7.61. The van der Waals surface area contributed by atoms with E-state index < -0.39 is 21.2 Å². The maximum Gasteiger partial charge on any atom is 0.325 e. The molecule has 0 spiro atoms. The van der Waals surface area contributed by atoms with Gasteiger partial charge < -0.3 is 9.84 Å². The van der Waals surface area contributed by atoms with Crippen molar-refractivity contribution < 1.29 is 23.1 Å². The van der Waals surface area contributed by atoms with Crippen LogP contribution in [0.3, 0.4) is 0 Å². The lowest BCUT2D eigenvalue weighted by Gasteiger charge is -2.12. The number of aliphatic hydroxyl groups excluding tert-OH is 1. The predicted octanol–water partition coefficient (Wildman–Crippen LogP) is 0.119. The summed E-state index contributed by atoms with van der Waals surface area (Å²) < 4.78 is 30.5. The number of ether oxygens (including phenoxy) is 1. The predicted molar refractivity (Wildman–Crippen MR) is 76.8 cm³/mol. The summed E-state index contributed by atoms with van der Waals surface area (Å²) in [5.74, 6) is 4.67. The molecule has 21 heavy (non-hydrogen) atoms. The first-order valence-electron chi connectivity index (χ1n) is 6.06. The quantitative estimate of drug-likeness (QED) is 0.591. The van der Waals surface area contributed by atoms with Gasteiger partial charge in [-0.05, 0) is 19.1 Å². The normalized spacial score (nSPS) is 12.0. The van der Waals surface area contributed by atoms with Gasteiger partial charge in [-0.1, -0.05) is 11.8 Å². The smallest absolute Gasteiger partial charge is 0.325 e. The highest BCUT2D eigenvalue weighted by molar-refractivity contribution is 7.94. The van der Waals surface area contributed by atoms with Crippen LogP contribution in [0.15, 0.2) is 18.3 Å². The third-order valence-electron chi connectivity index (χ3n) is 2.47. The van der Waals surface area contributed by atoms with Gasteiger partial charge in [-0.25, -0.2) is 13.4 Å². The van der Waals surface area contributed by atoms with Gasteiger partial charge in [0.2, 0.25) is 10.0 Å². The number of methoxy groups -OCH3 is 1. The van der Waals surface area contributed by atoms with Crippen molar-refractivity contribution in [3.63, 3.8) is 0 Å². The van der Waals surface area contributed by atoms with Crippen molar-refractivity contribution >= 4 is 21.8 Å². The largest absolute Gasteiger partial charge is 0.468 e. The Morgan fingerprint density at radius 2 is 2.29 bits per heavy atom. The van der Waals surface area contributed by atoms with Gasteiger partial charge in [-0.3, -0.25) is 9.52 Å². The highest BCUT2D eigenvalue weighted by atomic mass is 32.2. The van der Waals surface area contributed by atoms with Crippen molar-refractivity contribution in [2.75, 3.05) is 18.4 Å². The monoisotopic (exact) mass is 312 g/mol. The number of anilines is 1. The van der Waals surface area contributed by atoms with Crippen LogP contribution in [0, 0.1) is 11.8 Å². The first-order chi connectivity index (χ1) is 9.90. The third-order valence-corrected chi connectivity index (χ3v) is 4.09. The topological polar surface area (TPSA) is 106 Å². The Labute approximate surface area is 123 Å². The Hall–Kier alpha value is -2.11. The zero-order valence-electron chi connectivity index (χ0n) is 11.7. The summed E-state index contributed by atoms with van der Waals surface area (Å²) in [6.07, 6.45) is 1.71. The molecule has 7 nitrogen and oxygen atoms in total. The van der Waals surface area contributed by atoms with E-state index in [0.29, 0.717) is 12.0 Å². The molecule has 0 saturated heterocycles. The number of sulfonamides is 1. The number of aromatic nitrogens is 1. The van der Waals surface area contributed by atoms with Crippen LogP contribution in [0.25, 0.3) is 0 Å². The Morgan fingerprint density at radius 1 is 1.57 bits per heavy atom. The fourth-order valence-electron chi connectivity index (χ4n) is 1.31. The second-order valence-electron chi connectivity index (χ2n) is 4.02. The summed E-state index contributed by atoms with van der Waals surface area (Å²) in [6, 6.07) is 3.04. The number of carbonyl (C=O) groups is 1. The van der Waals surface area contributed by atoms with Crippen LogP contribution >= 0.6 is 0 Å². The highest BCUT2D eigenvalue weighted by Crippen LogP contribution is 2.11. The van der Waals surface area contributed by atoms with E-state index in [9.17, 15) is 13.2 Å². The number of esters is 1. The van der Waals surface area contributed by atoms with Crippen molar-refractivity contribution in [1.82, 2.24) is 4.98 Å². The van der Waals surface area contributed by atoms with Gasteiger partial charge >= 0.3 is 5.97 Å². The maximum absolute atomic E-state index is 12.0. The number of nitrogens with zero attached hydrogens (tertiary/aromatic N) is 1. The van der Waals surface area contributed by atoms with Gasteiger partial charge in [-0.2, -0.15) is 0 Å². The van der Waals surface area contributed by atoms with E-state index in [2.05, 4.69) is 26.3 Å². The lowest BCUT2D eigenvalue weighted by atomic mass is 10.2. The lowest BCUT2D eigenvalue weighted by Crippen LogP contribution is -2.33. The number of carbonyl (C=O) groups excluding carboxylic acids is 1. The van der Waals surface area contributed by atoms with E-state index in [1.807, 2.05) is 0 Å². The number of rotatable bonds is 5. The first kappa shape index (κ1) is 16.9. The molecular formula is C13H16N2O5S. The molecule has 1 aromatic rings. The van der Waals surface area contributed by atoms with Crippen molar-refractivity contribution in [3.05, 3.63) is 23.9 Å². The van der Waals surface area contributed by atoms with Crippen molar-refractivity contribution in [1.29, 1.82) is 0 Å². The average molecular weight is 312 g/mol. The molecule has 0 saturated carbocycles. The molecule has 1 atom stereocenters. The highest BCUT2D eigenvalue weighted by Gasteiger charge is 2.29. The molecule has 0 aliphatic rings. The molecule has 1 heterocycles. The van der Waals surface area contributed by atoms with Gasteiger partial charge in [-0.15, -0.1) is 0 Å². The van der Waals surface area contributed by atoms with Crippen LogP contribution in [0.5, 0.6) is 0 Å². The minimum absolute atomic E-state index is 0.0474. The molecule has 114 valence electrons. The number of pyridine rings is 1. The minimum atomic E-state index is -3.94. The number of nitrogens with one attached hydrogen (secondary N) is 1. The number of hydrogen-bond acceptors (Lipinski definition) is 6. The van der Waals surface area contributed by atoms with Crippen LogP contribution in [-0.4, -0.2) is 43.4 Å². The molecule has 0 aliphatic heterocycles. The van der Waals surface area contributed by atoms with Crippen LogP contribution < -0.4 is 4.72 Å². The molecule has 0 radical (unpaired) electrons. The van der Waals surface area contributed by atoms with Crippen LogP contribution in [0.4, 0.5) is 5.82 Å². The first-order valence-corrected chi connectivity index (χ1v) is 7.60. The van der Waals surface area contributed by atoms with Gasteiger partial charge in [0.25, 0.3) is 0 Å². The fraction of sp³-hybridized carbons (Fsp3) is 0.385. The van der Waals surface area contributed by atoms with E-state index >= 15 is 0 Å². The molecule has 0 aromatic carbocycles. The van der Waals surface area contributed by atoms with E-state index in [1.54, 1.807) is 6.07 Å². The second-order valence-corrected chi connectivity index (χ2v) is 6.02. The zero-order chi connectivity index (χ0) is 15.9. The van der Waals surface area contributed by atoms with E-state index in [4.69, 9.17) is 5.11 Å². The molecule has 0 bridgehead atoms. The maximum atomic E-state index is 12.0. The fourth-order valence-corrected chi connectivity index (χ4v) is 2.24. The third kappa shape index (κ3) is 5.06. The summed E-state index contributed by atoms with van der Waals surface area (Å²) in [7, 11) is -2.83. The Kier molecular flexibility index (Phi) is 6.14. The summed E-state index contributed by atoms with van der Waals surface area (Å²) in [5.41, 5.74) is 0.543. The Balaban J connectivity index is 2.91. The van der Waals surface area contributed by atoms with Crippen molar-refractivity contribution in [2.45, 2.75) is 18.6 Å². The molecule has 0 aliphatic carbocycles. The summed E-state index contributed by atoms with van der Waals surface area (Å²) >= 11 is 0. The number of hydrogen-bond donors (Lipinski definition) is 2. The molecule has 1 rings (SSSR count). The van der Waals surface area contributed by atoms with E-state index in [1.165, 1.54) is 19.2 Å². The van der Waals surface area contributed by atoms with Gasteiger partial charge in [0.05, 0.1) is 13.7 Å². The van der Waals surface area contributed by atoms with Crippen LogP contribution in [-0.2, 0) is 19.6 Å². The van der Waals surface area contributed by atoms with Gasteiger partial charge in [0, 0.05) is 18.2 Å². The molecule has 0 fully saturated rings. The summed E-state index contributed by atoms with van der Waals surface area (Å²) in [6.45, 7) is 1.17. The summed E-state index contributed by atoms with van der Waals surface area (Å²) in [4.78, 5) is 15.1. The van der Waals surface area contributed by atoms with Crippen molar-refractivity contribution in [3.8, 4) is 11.8 Å². The van der Waals surface area contributed by atoms with E-state index in [-0.39, 0.29) is 12.4 Å². The Bertz CT molecular complexity index is 661. The molecule has 2 N–H and O–H groups in total. The molecular weight excluding hydrogens is 296 g/mol. The van der Waals surface area contributed by atoms with Gasteiger partial charge in [0.1, 0.15) is 5.82 Å². The number of aliphatic hydroxyl groups is 1.